The minimum absolute atomic E-state index is 0.108. The Bertz CT molecular complexity index is 529. The third kappa shape index (κ3) is 5.06. The standard InChI is InChI=1S/C17H29NO8/c1-16(2,3)26-15(20)18-9(8-10(19)21-6)11-12(22-7)13-14(23-11)25-17(4,5)24-13/h9,11-14H,8H2,1-7H3,(H,18,20)/t9-,11-,12-,13-,14-/m1/s1. The van der Waals surface area contributed by atoms with Crippen LogP contribution in [0.4, 0.5) is 4.79 Å². The zero-order valence-corrected chi connectivity index (χ0v) is 16.4. The number of amides is 1. The molecule has 5 atom stereocenters. The summed E-state index contributed by atoms with van der Waals surface area (Å²) in [6.45, 7) is 8.81. The van der Waals surface area contributed by atoms with Gasteiger partial charge in [-0.1, -0.05) is 0 Å². The van der Waals surface area contributed by atoms with E-state index in [1.165, 1.54) is 14.2 Å². The summed E-state index contributed by atoms with van der Waals surface area (Å²) in [7, 11) is 2.79. The van der Waals surface area contributed by atoms with Crippen molar-refractivity contribution in [3.8, 4) is 0 Å². The van der Waals surface area contributed by atoms with Crippen molar-refractivity contribution in [1.82, 2.24) is 5.32 Å². The molecule has 0 aliphatic carbocycles. The molecule has 2 rings (SSSR count). The summed E-state index contributed by atoms with van der Waals surface area (Å²) in [5.74, 6) is -1.29. The van der Waals surface area contributed by atoms with Gasteiger partial charge in [0.1, 0.15) is 23.9 Å². The Morgan fingerprint density at radius 3 is 2.38 bits per heavy atom. The topological polar surface area (TPSA) is 102 Å². The number of rotatable bonds is 5. The van der Waals surface area contributed by atoms with Crippen LogP contribution < -0.4 is 5.32 Å². The number of nitrogens with one attached hydrogen (secondary N) is 1. The van der Waals surface area contributed by atoms with Crippen LogP contribution in [0.5, 0.6) is 0 Å². The van der Waals surface area contributed by atoms with Crippen LogP contribution in [0.15, 0.2) is 0 Å². The van der Waals surface area contributed by atoms with Crippen molar-refractivity contribution in [2.75, 3.05) is 14.2 Å². The van der Waals surface area contributed by atoms with Gasteiger partial charge in [0.15, 0.2) is 12.1 Å². The zero-order chi connectivity index (χ0) is 19.7. The number of ether oxygens (including phenoxy) is 6. The zero-order valence-electron chi connectivity index (χ0n) is 16.4. The third-order valence-corrected chi connectivity index (χ3v) is 4.01. The SMILES string of the molecule is COC(=O)C[C@@H](NC(=O)OC(C)(C)C)[C@H]1O[C@@H]2OC(C)(C)O[C@@H]2[C@@H]1OC. The second-order valence-corrected chi connectivity index (χ2v) is 7.80. The highest BCUT2D eigenvalue weighted by Gasteiger charge is 2.57. The van der Waals surface area contributed by atoms with Crippen molar-refractivity contribution in [2.45, 2.75) is 83.1 Å². The van der Waals surface area contributed by atoms with Gasteiger partial charge in [0.05, 0.1) is 19.6 Å². The van der Waals surface area contributed by atoms with Gasteiger partial charge >= 0.3 is 12.1 Å². The number of carbonyl (C=O) groups excluding carboxylic acids is 2. The van der Waals surface area contributed by atoms with Gasteiger partial charge in [-0.05, 0) is 34.6 Å². The van der Waals surface area contributed by atoms with E-state index >= 15 is 0 Å². The van der Waals surface area contributed by atoms with Gasteiger partial charge in [0.2, 0.25) is 0 Å². The first-order valence-electron chi connectivity index (χ1n) is 8.56. The van der Waals surface area contributed by atoms with E-state index in [0.29, 0.717) is 0 Å². The molecule has 0 bridgehead atoms. The molecule has 1 amide bonds. The second kappa shape index (κ2) is 7.67. The molecule has 9 nitrogen and oxygen atoms in total. The van der Waals surface area contributed by atoms with Crippen LogP contribution in [0.25, 0.3) is 0 Å². The van der Waals surface area contributed by atoms with Gasteiger partial charge in [-0.2, -0.15) is 0 Å². The lowest BCUT2D eigenvalue weighted by Crippen LogP contribution is -2.52. The maximum atomic E-state index is 12.2. The van der Waals surface area contributed by atoms with Crippen molar-refractivity contribution in [1.29, 1.82) is 0 Å². The largest absolute Gasteiger partial charge is 0.469 e. The third-order valence-electron chi connectivity index (χ3n) is 4.01. The lowest BCUT2D eigenvalue weighted by atomic mass is 10.0. The predicted molar refractivity (Wildman–Crippen MR) is 89.3 cm³/mol. The van der Waals surface area contributed by atoms with Crippen LogP contribution in [0.1, 0.15) is 41.0 Å². The first-order chi connectivity index (χ1) is 12.0. The minimum atomic E-state index is -0.798. The molecule has 150 valence electrons. The van der Waals surface area contributed by atoms with Crippen molar-refractivity contribution in [3.63, 3.8) is 0 Å². The molecule has 2 aliphatic rings. The number of hydrogen-bond donors (Lipinski definition) is 1. The molecule has 26 heavy (non-hydrogen) atoms. The number of methoxy groups -OCH3 is 2. The summed E-state index contributed by atoms with van der Waals surface area (Å²) in [6, 6.07) is -0.733. The van der Waals surface area contributed by atoms with Crippen LogP contribution >= 0.6 is 0 Å². The Labute approximate surface area is 153 Å². The van der Waals surface area contributed by atoms with Gasteiger partial charge in [-0.25, -0.2) is 4.79 Å². The molecule has 0 unspecified atom stereocenters. The highest BCUT2D eigenvalue weighted by molar-refractivity contribution is 5.73. The molecule has 0 aromatic carbocycles. The van der Waals surface area contributed by atoms with Gasteiger partial charge < -0.3 is 33.7 Å². The highest BCUT2D eigenvalue weighted by atomic mass is 16.8. The molecule has 2 saturated heterocycles. The van der Waals surface area contributed by atoms with Crippen LogP contribution in [-0.2, 0) is 33.2 Å². The predicted octanol–water partition coefficient (Wildman–Crippen LogP) is 1.33. The molecule has 0 aromatic rings. The Hall–Kier alpha value is -1.42. The van der Waals surface area contributed by atoms with Crippen LogP contribution in [0.2, 0.25) is 0 Å². The maximum Gasteiger partial charge on any atom is 0.407 e. The summed E-state index contributed by atoms with van der Waals surface area (Å²) in [6.07, 6.45) is -3.10. The number of esters is 1. The lowest BCUT2D eigenvalue weighted by Gasteiger charge is -2.31. The monoisotopic (exact) mass is 375 g/mol. The molecule has 1 N–H and O–H groups in total. The Morgan fingerprint density at radius 2 is 1.85 bits per heavy atom. The number of hydrogen-bond acceptors (Lipinski definition) is 8. The molecule has 2 aliphatic heterocycles. The Morgan fingerprint density at radius 1 is 1.19 bits per heavy atom. The normalized spacial score (nSPS) is 31.2. The number of alkyl carbamates (subject to hydrolysis) is 1. The summed E-state index contributed by atoms with van der Waals surface area (Å²) >= 11 is 0. The van der Waals surface area contributed by atoms with E-state index in [-0.39, 0.29) is 6.42 Å². The van der Waals surface area contributed by atoms with Crippen molar-refractivity contribution >= 4 is 12.1 Å². The van der Waals surface area contributed by atoms with Gasteiger partial charge in [-0.3, -0.25) is 4.79 Å². The second-order valence-electron chi connectivity index (χ2n) is 7.80. The van der Waals surface area contributed by atoms with Crippen LogP contribution in [-0.4, -0.2) is 68.3 Å². The first kappa shape index (κ1) is 20.9. The van der Waals surface area contributed by atoms with Gasteiger partial charge in [0, 0.05) is 7.11 Å². The van der Waals surface area contributed by atoms with E-state index < -0.39 is 54.1 Å². The lowest BCUT2D eigenvalue weighted by molar-refractivity contribution is -0.220. The Balaban J connectivity index is 2.14. The van der Waals surface area contributed by atoms with Gasteiger partial charge in [0.25, 0.3) is 0 Å². The average molecular weight is 375 g/mol. The summed E-state index contributed by atoms with van der Waals surface area (Å²) in [4.78, 5) is 24.0. The fourth-order valence-electron chi connectivity index (χ4n) is 3.07. The van der Waals surface area contributed by atoms with E-state index in [0.717, 1.165) is 0 Å². The van der Waals surface area contributed by atoms with Crippen LogP contribution in [0.3, 0.4) is 0 Å². The van der Waals surface area contributed by atoms with E-state index in [1.54, 1.807) is 34.6 Å². The molecule has 0 spiro atoms. The molecular weight excluding hydrogens is 346 g/mol. The highest BCUT2D eigenvalue weighted by Crippen LogP contribution is 2.39. The number of carbonyl (C=O) groups is 2. The molecule has 2 heterocycles. The summed E-state index contributed by atoms with van der Waals surface area (Å²) < 4.78 is 33.0. The van der Waals surface area contributed by atoms with Crippen molar-refractivity contribution in [2.24, 2.45) is 0 Å². The van der Waals surface area contributed by atoms with Crippen LogP contribution in [0, 0.1) is 0 Å². The molecular formula is C17H29NO8. The molecule has 0 radical (unpaired) electrons. The quantitative estimate of drug-likeness (QED) is 0.718. The minimum Gasteiger partial charge on any atom is -0.469 e. The van der Waals surface area contributed by atoms with Crippen molar-refractivity contribution in [3.05, 3.63) is 0 Å². The molecule has 0 aromatic heterocycles. The smallest absolute Gasteiger partial charge is 0.407 e. The number of fused-ring (bicyclic) bond motifs is 1. The average Bonchev–Trinajstić information content (AvgIpc) is 2.95. The molecule has 9 heteroatoms. The van der Waals surface area contributed by atoms with E-state index in [9.17, 15) is 9.59 Å². The maximum absolute atomic E-state index is 12.2. The molecule has 0 saturated carbocycles. The fourth-order valence-corrected chi connectivity index (χ4v) is 3.07. The fraction of sp³-hybridized carbons (Fsp3) is 0.882. The van der Waals surface area contributed by atoms with E-state index in [1.807, 2.05) is 0 Å². The Kier molecular flexibility index (Phi) is 6.17. The summed E-state index contributed by atoms with van der Waals surface area (Å²) in [5, 5.41) is 2.68. The van der Waals surface area contributed by atoms with E-state index in [2.05, 4.69) is 5.32 Å². The van der Waals surface area contributed by atoms with E-state index in [4.69, 9.17) is 28.4 Å². The summed E-state index contributed by atoms with van der Waals surface area (Å²) in [5.41, 5.74) is -0.677. The molecule has 2 fully saturated rings. The van der Waals surface area contributed by atoms with Gasteiger partial charge in [-0.15, -0.1) is 0 Å². The first-order valence-corrected chi connectivity index (χ1v) is 8.56. The van der Waals surface area contributed by atoms with Crippen molar-refractivity contribution < 1.29 is 38.0 Å².